The maximum absolute atomic E-state index is 13.7. The van der Waals surface area contributed by atoms with Crippen LogP contribution in [0.4, 0.5) is 10.1 Å². The molecule has 0 atom stereocenters. The number of carboxylic acid groups (broad SMARTS) is 1. The summed E-state index contributed by atoms with van der Waals surface area (Å²) >= 11 is 0. The molecule has 130 valence electrons. The predicted molar refractivity (Wildman–Crippen MR) is 99.6 cm³/mol. The zero-order valence-corrected chi connectivity index (χ0v) is 14.0. The topological polar surface area (TPSA) is 66.4 Å². The van der Waals surface area contributed by atoms with E-state index < -0.39 is 23.3 Å². The van der Waals surface area contributed by atoms with Gasteiger partial charge in [-0.05, 0) is 47.0 Å². The van der Waals surface area contributed by atoms with Gasteiger partial charge in [-0.15, -0.1) is 0 Å². The molecule has 0 saturated heterocycles. The van der Waals surface area contributed by atoms with Crippen LogP contribution in [-0.2, 0) is 4.79 Å². The van der Waals surface area contributed by atoms with E-state index in [0.29, 0.717) is 5.57 Å². The molecule has 3 rings (SSSR count). The molecule has 4 nitrogen and oxygen atoms in total. The van der Waals surface area contributed by atoms with Gasteiger partial charge in [-0.2, -0.15) is 0 Å². The molecule has 0 spiro atoms. The van der Waals surface area contributed by atoms with Gasteiger partial charge in [0, 0.05) is 6.08 Å². The molecular formula is C21H16FNO3. The molecule has 0 unspecified atom stereocenters. The summed E-state index contributed by atoms with van der Waals surface area (Å²) in [7, 11) is 0. The molecule has 0 fully saturated rings. The van der Waals surface area contributed by atoms with E-state index in [-0.39, 0.29) is 5.69 Å². The van der Waals surface area contributed by atoms with E-state index >= 15 is 0 Å². The van der Waals surface area contributed by atoms with Gasteiger partial charge in [0.2, 0.25) is 5.91 Å². The molecule has 0 aliphatic carbocycles. The predicted octanol–water partition coefficient (Wildman–Crippen LogP) is 4.72. The molecule has 0 aromatic heterocycles. The van der Waals surface area contributed by atoms with Gasteiger partial charge in [0.1, 0.15) is 11.4 Å². The third-order valence-corrected chi connectivity index (χ3v) is 4.04. The Morgan fingerprint density at radius 1 is 1.00 bits per heavy atom. The van der Waals surface area contributed by atoms with Gasteiger partial charge in [-0.25, -0.2) is 9.18 Å². The van der Waals surface area contributed by atoms with Crippen LogP contribution in [-0.4, -0.2) is 17.0 Å². The summed E-state index contributed by atoms with van der Waals surface area (Å²) in [6, 6.07) is 17.5. The Balaban J connectivity index is 1.86. The molecule has 0 heterocycles. The molecule has 0 bridgehead atoms. The smallest absolute Gasteiger partial charge is 0.340 e. The van der Waals surface area contributed by atoms with Crippen molar-refractivity contribution < 1.29 is 19.1 Å². The summed E-state index contributed by atoms with van der Waals surface area (Å²) in [4.78, 5) is 23.4. The number of carbonyl (C=O) groups excluding carboxylic acids is 1. The summed E-state index contributed by atoms with van der Waals surface area (Å²) in [5.41, 5.74) is 0.945. The maximum atomic E-state index is 13.7. The number of rotatable bonds is 4. The zero-order valence-electron chi connectivity index (χ0n) is 14.0. The zero-order chi connectivity index (χ0) is 18.7. The first-order valence-electron chi connectivity index (χ1n) is 7.96. The average Bonchev–Trinajstić information content (AvgIpc) is 2.60. The van der Waals surface area contributed by atoms with Crippen LogP contribution in [0, 0.1) is 5.82 Å². The number of amides is 1. The SMILES string of the molecule is CC(=CC(=O)Nc1cccc(F)c1C(=O)O)c1ccc2ccccc2c1. The van der Waals surface area contributed by atoms with E-state index in [9.17, 15) is 14.0 Å². The number of anilines is 1. The highest BCUT2D eigenvalue weighted by Crippen LogP contribution is 2.22. The molecule has 0 saturated carbocycles. The molecular weight excluding hydrogens is 333 g/mol. The van der Waals surface area contributed by atoms with Gasteiger partial charge in [0.05, 0.1) is 5.69 Å². The Kier molecular flexibility index (Phi) is 4.80. The van der Waals surface area contributed by atoms with Crippen LogP contribution in [0.3, 0.4) is 0 Å². The van der Waals surface area contributed by atoms with Crippen LogP contribution in [0.1, 0.15) is 22.8 Å². The Morgan fingerprint density at radius 2 is 1.73 bits per heavy atom. The van der Waals surface area contributed by atoms with Gasteiger partial charge in [-0.1, -0.05) is 42.5 Å². The van der Waals surface area contributed by atoms with Crippen molar-refractivity contribution in [2.24, 2.45) is 0 Å². The number of nitrogens with one attached hydrogen (secondary N) is 1. The third-order valence-electron chi connectivity index (χ3n) is 4.04. The van der Waals surface area contributed by atoms with E-state index in [4.69, 9.17) is 5.11 Å². The fourth-order valence-electron chi connectivity index (χ4n) is 2.73. The van der Waals surface area contributed by atoms with Crippen LogP contribution in [0.25, 0.3) is 16.3 Å². The van der Waals surface area contributed by atoms with E-state index in [0.717, 1.165) is 22.4 Å². The number of halogens is 1. The Bertz CT molecular complexity index is 1040. The average molecular weight is 349 g/mol. The van der Waals surface area contributed by atoms with E-state index in [1.807, 2.05) is 42.5 Å². The summed E-state index contributed by atoms with van der Waals surface area (Å²) in [5, 5.41) is 13.7. The molecule has 3 aromatic carbocycles. The number of hydrogen-bond acceptors (Lipinski definition) is 2. The summed E-state index contributed by atoms with van der Waals surface area (Å²) < 4.78 is 13.7. The van der Waals surface area contributed by atoms with Crippen molar-refractivity contribution >= 4 is 33.9 Å². The molecule has 0 aliphatic heterocycles. The van der Waals surface area contributed by atoms with E-state index in [2.05, 4.69) is 5.32 Å². The maximum Gasteiger partial charge on any atom is 0.340 e. The number of benzene rings is 3. The number of carbonyl (C=O) groups is 2. The highest BCUT2D eigenvalue weighted by molar-refractivity contribution is 6.07. The van der Waals surface area contributed by atoms with Crippen LogP contribution >= 0.6 is 0 Å². The highest BCUT2D eigenvalue weighted by atomic mass is 19.1. The second kappa shape index (κ2) is 7.19. The number of aromatic carboxylic acids is 1. The molecule has 3 aromatic rings. The molecule has 0 aliphatic rings. The van der Waals surface area contributed by atoms with E-state index in [1.165, 1.54) is 18.2 Å². The fraction of sp³-hybridized carbons (Fsp3) is 0.0476. The molecule has 5 heteroatoms. The van der Waals surface area contributed by atoms with Crippen molar-refractivity contribution in [3.63, 3.8) is 0 Å². The van der Waals surface area contributed by atoms with Gasteiger partial charge in [0.15, 0.2) is 0 Å². The minimum Gasteiger partial charge on any atom is -0.478 e. The number of carboxylic acids is 1. The quantitative estimate of drug-likeness (QED) is 0.670. The molecule has 0 radical (unpaired) electrons. The standard InChI is InChI=1S/C21H16FNO3/c1-13(15-10-9-14-5-2-3-6-16(14)12-15)11-19(24)23-18-8-4-7-17(22)20(18)21(25)26/h2-12H,1H3,(H,23,24)(H,25,26). The lowest BCUT2D eigenvalue weighted by molar-refractivity contribution is -0.111. The summed E-state index contributed by atoms with van der Waals surface area (Å²) in [6.45, 7) is 1.79. The lowest BCUT2D eigenvalue weighted by atomic mass is 10.0. The van der Waals surface area contributed by atoms with Crippen LogP contribution in [0.2, 0.25) is 0 Å². The van der Waals surface area contributed by atoms with Crippen molar-refractivity contribution in [1.82, 2.24) is 0 Å². The fourth-order valence-corrected chi connectivity index (χ4v) is 2.73. The van der Waals surface area contributed by atoms with Crippen molar-refractivity contribution in [3.8, 4) is 0 Å². The number of fused-ring (bicyclic) bond motifs is 1. The second-order valence-corrected chi connectivity index (χ2v) is 5.85. The lowest BCUT2D eigenvalue weighted by Gasteiger charge is -2.08. The Labute approximate surface area is 149 Å². The molecule has 26 heavy (non-hydrogen) atoms. The highest BCUT2D eigenvalue weighted by Gasteiger charge is 2.16. The lowest BCUT2D eigenvalue weighted by Crippen LogP contribution is -2.13. The third kappa shape index (κ3) is 3.62. The minimum absolute atomic E-state index is 0.0786. The molecule has 2 N–H and O–H groups in total. The molecule has 1 amide bonds. The van der Waals surface area contributed by atoms with Crippen molar-refractivity contribution in [2.75, 3.05) is 5.32 Å². The second-order valence-electron chi connectivity index (χ2n) is 5.85. The Hall–Kier alpha value is -3.47. The minimum atomic E-state index is -1.44. The van der Waals surface area contributed by atoms with Crippen LogP contribution in [0.5, 0.6) is 0 Å². The van der Waals surface area contributed by atoms with Crippen molar-refractivity contribution in [2.45, 2.75) is 6.92 Å². The van der Waals surface area contributed by atoms with Crippen LogP contribution < -0.4 is 5.32 Å². The first-order chi connectivity index (χ1) is 12.5. The van der Waals surface area contributed by atoms with Gasteiger partial charge >= 0.3 is 5.97 Å². The summed E-state index contributed by atoms with van der Waals surface area (Å²) in [5.74, 6) is -2.86. The van der Waals surface area contributed by atoms with E-state index in [1.54, 1.807) is 6.92 Å². The van der Waals surface area contributed by atoms with Crippen molar-refractivity contribution in [3.05, 3.63) is 83.7 Å². The number of hydrogen-bond donors (Lipinski definition) is 2. The number of allylic oxidation sites excluding steroid dienone is 1. The van der Waals surface area contributed by atoms with Gasteiger partial charge in [-0.3, -0.25) is 4.79 Å². The van der Waals surface area contributed by atoms with Gasteiger partial charge in [0.25, 0.3) is 0 Å². The normalized spacial score (nSPS) is 11.4. The largest absolute Gasteiger partial charge is 0.478 e. The van der Waals surface area contributed by atoms with Gasteiger partial charge < -0.3 is 10.4 Å². The first-order valence-corrected chi connectivity index (χ1v) is 7.96. The summed E-state index contributed by atoms with van der Waals surface area (Å²) in [6.07, 6.45) is 1.36. The van der Waals surface area contributed by atoms with Crippen molar-refractivity contribution in [1.29, 1.82) is 0 Å². The Morgan fingerprint density at radius 3 is 2.46 bits per heavy atom. The first kappa shape index (κ1) is 17.4. The van der Waals surface area contributed by atoms with Crippen LogP contribution in [0.15, 0.2) is 66.7 Å². The monoisotopic (exact) mass is 349 g/mol.